The number of amides is 1. The number of hydrogen-bond acceptors (Lipinski definition) is 4. The first kappa shape index (κ1) is 16.4. The van der Waals surface area contributed by atoms with Crippen molar-refractivity contribution in [1.82, 2.24) is 5.32 Å². The molecule has 6 heteroatoms. The van der Waals surface area contributed by atoms with Gasteiger partial charge in [0.05, 0.1) is 11.2 Å². The van der Waals surface area contributed by atoms with Gasteiger partial charge in [-0.1, -0.05) is 13.8 Å². The fourth-order valence-corrected chi connectivity index (χ4v) is 2.34. The highest BCUT2D eigenvalue weighted by Gasteiger charge is 2.32. The maximum absolute atomic E-state index is 11.9. The molecule has 0 aromatic rings. The summed E-state index contributed by atoms with van der Waals surface area (Å²) in [6.45, 7) is 4.57. The van der Waals surface area contributed by atoms with Crippen LogP contribution in [-0.2, 0) is 14.6 Å². The van der Waals surface area contributed by atoms with Crippen LogP contribution < -0.4 is 11.1 Å². The second-order valence-electron chi connectivity index (χ2n) is 4.43. The van der Waals surface area contributed by atoms with Gasteiger partial charge in [0.25, 0.3) is 0 Å². The third-order valence-corrected chi connectivity index (χ3v) is 4.23. The number of nitrogens with one attached hydrogen (secondary N) is 1. The second-order valence-corrected chi connectivity index (χ2v) is 6.69. The summed E-state index contributed by atoms with van der Waals surface area (Å²) in [5.41, 5.74) is 5.14. The average molecular weight is 264 g/mol. The zero-order valence-corrected chi connectivity index (χ0v) is 11.8. The lowest BCUT2D eigenvalue weighted by atomic mass is 9.81. The third kappa shape index (κ3) is 5.50. The molecule has 0 saturated carbocycles. The highest BCUT2D eigenvalue weighted by Crippen LogP contribution is 2.24. The highest BCUT2D eigenvalue weighted by atomic mass is 32.2. The Balaban J connectivity index is 4.17. The summed E-state index contributed by atoms with van der Waals surface area (Å²) in [7, 11) is -2.95. The standard InChI is InChI=1S/C11H24N2O3S/c1-4-11(5-2,9-12)10(14)13-7-6-8-17(3,15)16/h4-9,12H2,1-3H3,(H,13,14). The van der Waals surface area contributed by atoms with Gasteiger partial charge in [-0.25, -0.2) is 8.42 Å². The van der Waals surface area contributed by atoms with E-state index < -0.39 is 15.3 Å². The van der Waals surface area contributed by atoms with Crippen LogP contribution in [0.25, 0.3) is 0 Å². The van der Waals surface area contributed by atoms with Crippen LogP contribution in [-0.4, -0.2) is 39.4 Å². The second kappa shape index (κ2) is 6.96. The largest absolute Gasteiger partial charge is 0.356 e. The summed E-state index contributed by atoms with van der Waals surface area (Å²) >= 11 is 0. The number of hydrogen-bond donors (Lipinski definition) is 2. The maximum Gasteiger partial charge on any atom is 0.227 e. The van der Waals surface area contributed by atoms with E-state index in [0.29, 0.717) is 32.4 Å². The van der Waals surface area contributed by atoms with Crippen LogP contribution in [0.5, 0.6) is 0 Å². The number of sulfone groups is 1. The smallest absolute Gasteiger partial charge is 0.227 e. The Hall–Kier alpha value is -0.620. The lowest BCUT2D eigenvalue weighted by molar-refractivity contribution is -0.131. The molecule has 0 bridgehead atoms. The summed E-state index contributed by atoms with van der Waals surface area (Å²) in [6, 6.07) is 0. The van der Waals surface area contributed by atoms with E-state index in [0.717, 1.165) is 0 Å². The Labute approximate surface area is 104 Å². The molecule has 1 amide bonds. The van der Waals surface area contributed by atoms with Crippen molar-refractivity contribution in [3.05, 3.63) is 0 Å². The molecule has 3 N–H and O–H groups in total. The van der Waals surface area contributed by atoms with E-state index >= 15 is 0 Å². The Bertz CT molecular complexity index is 326. The first-order valence-electron chi connectivity index (χ1n) is 5.97. The predicted octanol–water partition coefficient (Wildman–Crippen LogP) is 0.302. The van der Waals surface area contributed by atoms with Gasteiger partial charge in [0.15, 0.2) is 0 Å². The summed E-state index contributed by atoms with van der Waals surface area (Å²) in [5, 5.41) is 2.77. The number of carbonyl (C=O) groups is 1. The minimum atomic E-state index is -2.95. The summed E-state index contributed by atoms with van der Waals surface area (Å²) in [4.78, 5) is 11.9. The van der Waals surface area contributed by atoms with Gasteiger partial charge in [0.2, 0.25) is 5.91 Å². The summed E-state index contributed by atoms with van der Waals surface area (Å²) < 4.78 is 21.8. The monoisotopic (exact) mass is 264 g/mol. The van der Waals surface area contributed by atoms with Gasteiger partial charge in [-0.15, -0.1) is 0 Å². The van der Waals surface area contributed by atoms with Crippen LogP contribution in [0.4, 0.5) is 0 Å². The molecule has 5 nitrogen and oxygen atoms in total. The number of carbonyl (C=O) groups excluding carboxylic acids is 1. The summed E-state index contributed by atoms with van der Waals surface area (Å²) in [6.07, 6.45) is 3.02. The molecule has 0 heterocycles. The fraction of sp³-hybridized carbons (Fsp3) is 0.909. The minimum Gasteiger partial charge on any atom is -0.356 e. The van der Waals surface area contributed by atoms with Gasteiger partial charge in [-0.3, -0.25) is 4.79 Å². The van der Waals surface area contributed by atoms with E-state index in [-0.39, 0.29) is 11.7 Å². The topological polar surface area (TPSA) is 89.3 Å². The maximum atomic E-state index is 11.9. The zero-order valence-electron chi connectivity index (χ0n) is 11.0. The molecule has 0 rings (SSSR count). The van der Waals surface area contributed by atoms with Crippen molar-refractivity contribution in [3.63, 3.8) is 0 Å². The molecular weight excluding hydrogens is 240 g/mol. The van der Waals surface area contributed by atoms with Crippen LogP contribution in [0.3, 0.4) is 0 Å². The van der Waals surface area contributed by atoms with Crippen molar-refractivity contribution in [1.29, 1.82) is 0 Å². The van der Waals surface area contributed by atoms with Crippen molar-refractivity contribution in [2.45, 2.75) is 33.1 Å². The van der Waals surface area contributed by atoms with Gasteiger partial charge in [0.1, 0.15) is 9.84 Å². The Morgan fingerprint density at radius 3 is 2.18 bits per heavy atom. The van der Waals surface area contributed by atoms with Gasteiger partial charge in [-0.2, -0.15) is 0 Å². The average Bonchev–Trinajstić information content (AvgIpc) is 2.26. The number of rotatable bonds is 8. The molecule has 0 aromatic heterocycles. The molecule has 17 heavy (non-hydrogen) atoms. The molecule has 0 aromatic carbocycles. The quantitative estimate of drug-likeness (QED) is 0.617. The Morgan fingerprint density at radius 2 is 1.82 bits per heavy atom. The molecular formula is C11H24N2O3S. The van der Waals surface area contributed by atoms with E-state index in [1.165, 1.54) is 6.26 Å². The van der Waals surface area contributed by atoms with E-state index in [9.17, 15) is 13.2 Å². The fourth-order valence-electron chi connectivity index (χ4n) is 1.68. The molecule has 0 atom stereocenters. The SMILES string of the molecule is CCC(CC)(CN)C(=O)NCCCS(C)(=O)=O. The lowest BCUT2D eigenvalue weighted by Crippen LogP contribution is -2.45. The lowest BCUT2D eigenvalue weighted by Gasteiger charge is -2.28. The van der Waals surface area contributed by atoms with Crippen molar-refractivity contribution >= 4 is 15.7 Å². The van der Waals surface area contributed by atoms with Gasteiger partial charge >= 0.3 is 0 Å². The van der Waals surface area contributed by atoms with Crippen LogP contribution in [0.1, 0.15) is 33.1 Å². The zero-order chi connectivity index (χ0) is 13.5. The normalized spacial score (nSPS) is 12.5. The van der Waals surface area contributed by atoms with Gasteiger partial charge < -0.3 is 11.1 Å². The predicted molar refractivity (Wildman–Crippen MR) is 69.4 cm³/mol. The van der Waals surface area contributed by atoms with Crippen molar-refractivity contribution in [2.24, 2.45) is 11.1 Å². The van der Waals surface area contributed by atoms with E-state index in [1.54, 1.807) is 0 Å². The Morgan fingerprint density at radius 1 is 1.29 bits per heavy atom. The number of nitrogens with two attached hydrogens (primary N) is 1. The van der Waals surface area contributed by atoms with Crippen LogP contribution in [0.15, 0.2) is 0 Å². The molecule has 0 aliphatic heterocycles. The van der Waals surface area contributed by atoms with Crippen LogP contribution >= 0.6 is 0 Å². The van der Waals surface area contributed by atoms with E-state index in [2.05, 4.69) is 5.32 Å². The molecule has 0 spiro atoms. The van der Waals surface area contributed by atoms with E-state index in [4.69, 9.17) is 5.73 Å². The van der Waals surface area contributed by atoms with Crippen LogP contribution in [0, 0.1) is 5.41 Å². The van der Waals surface area contributed by atoms with Crippen LogP contribution in [0.2, 0.25) is 0 Å². The third-order valence-electron chi connectivity index (χ3n) is 3.20. The van der Waals surface area contributed by atoms with Crippen molar-refractivity contribution in [3.8, 4) is 0 Å². The Kier molecular flexibility index (Phi) is 6.70. The molecule has 0 unspecified atom stereocenters. The molecule has 0 fully saturated rings. The highest BCUT2D eigenvalue weighted by molar-refractivity contribution is 7.90. The molecule has 102 valence electrons. The first-order chi connectivity index (χ1) is 7.81. The van der Waals surface area contributed by atoms with Crippen molar-refractivity contribution in [2.75, 3.05) is 25.1 Å². The molecule has 0 saturated heterocycles. The molecule has 0 aliphatic carbocycles. The van der Waals surface area contributed by atoms with Gasteiger partial charge in [0, 0.05) is 19.3 Å². The van der Waals surface area contributed by atoms with E-state index in [1.807, 2.05) is 13.8 Å². The van der Waals surface area contributed by atoms with Crippen molar-refractivity contribution < 1.29 is 13.2 Å². The molecule has 0 aliphatic rings. The summed E-state index contributed by atoms with van der Waals surface area (Å²) in [5.74, 6) is 0.0275. The minimum absolute atomic E-state index is 0.0708. The first-order valence-corrected chi connectivity index (χ1v) is 8.03. The van der Waals surface area contributed by atoms with Gasteiger partial charge in [-0.05, 0) is 19.3 Å². The molecule has 0 radical (unpaired) electrons.